The molecule has 0 aromatic heterocycles. The Morgan fingerprint density at radius 2 is 2.25 bits per heavy atom. The van der Waals surface area contributed by atoms with E-state index in [1.807, 2.05) is 0 Å². The molecule has 0 saturated carbocycles. The summed E-state index contributed by atoms with van der Waals surface area (Å²) in [6.07, 6.45) is 0. The number of halogens is 1. The molecule has 1 aliphatic rings. The number of amides is 1. The fourth-order valence-electron chi connectivity index (χ4n) is 1.89. The van der Waals surface area contributed by atoms with E-state index in [0.717, 1.165) is 0 Å². The van der Waals surface area contributed by atoms with Gasteiger partial charge in [-0.2, -0.15) is 0 Å². The lowest BCUT2D eigenvalue weighted by molar-refractivity contribution is 0.0361. The number of hydrogen-bond acceptors (Lipinski definition) is 2. The number of aliphatic hydroxyl groups is 1. The van der Waals surface area contributed by atoms with Crippen molar-refractivity contribution in [2.75, 3.05) is 19.7 Å². The predicted molar refractivity (Wildman–Crippen MR) is 57.6 cm³/mol. The van der Waals surface area contributed by atoms with Gasteiger partial charge in [-0.15, -0.1) is 0 Å². The maximum Gasteiger partial charge on any atom is 0.254 e. The quantitative estimate of drug-likeness (QED) is 0.818. The lowest BCUT2D eigenvalue weighted by Crippen LogP contribution is -2.51. The van der Waals surface area contributed by atoms with Crippen LogP contribution in [0.1, 0.15) is 15.9 Å². The maximum absolute atomic E-state index is 12.9. The van der Waals surface area contributed by atoms with Gasteiger partial charge >= 0.3 is 0 Å². The van der Waals surface area contributed by atoms with E-state index >= 15 is 0 Å². The highest BCUT2D eigenvalue weighted by molar-refractivity contribution is 5.96. The summed E-state index contributed by atoms with van der Waals surface area (Å²) < 4.78 is 12.9. The van der Waals surface area contributed by atoms with Crippen molar-refractivity contribution in [3.8, 4) is 0 Å². The van der Waals surface area contributed by atoms with Crippen molar-refractivity contribution in [3.63, 3.8) is 0 Å². The van der Waals surface area contributed by atoms with Crippen LogP contribution < -0.4 is 0 Å². The molecule has 0 aliphatic carbocycles. The summed E-state index contributed by atoms with van der Waals surface area (Å²) in [4.78, 5) is 13.6. The molecule has 0 atom stereocenters. The van der Waals surface area contributed by atoms with Crippen LogP contribution >= 0.6 is 0 Å². The van der Waals surface area contributed by atoms with Crippen LogP contribution in [0.5, 0.6) is 0 Å². The molecule has 0 bridgehead atoms. The van der Waals surface area contributed by atoms with E-state index in [9.17, 15) is 9.18 Å². The number of nitrogens with zero attached hydrogens (tertiary/aromatic N) is 1. The lowest BCUT2D eigenvalue weighted by atomic mass is 9.98. The summed E-state index contributed by atoms with van der Waals surface area (Å²) in [6, 6.07) is 4.17. The molecule has 1 fully saturated rings. The molecular weight excluding hydrogens is 209 g/mol. The highest BCUT2D eigenvalue weighted by atomic mass is 19.1. The molecule has 1 aliphatic heterocycles. The summed E-state index contributed by atoms with van der Waals surface area (Å²) in [7, 11) is 0. The van der Waals surface area contributed by atoms with Crippen molar-refractivity contribution < 1.29 is 14.3 Å². The van der Waals surface area contributed by atoms with Gasteiger partial charge in [0, 0.05) is 31.2 Å². The van der Waals surface area contributed by atoms with Gasteiger partial charge in [-0.05, 0) is 30.7 Å². The maximum atomic E-state index is 12.9. The molecule has 4 heteroatoms. The molecule has 1 aromatic rings. The third-order valence-corrected chi connectivity index (χ3v) is 2.92. The Hall–Kier alpha value is -1.42. The molecule has 1 N–H and O–H groups in total. The number of aliphatic hydroxyl groups excluding tert-OH is 1. The topological polar surface area (TPSA) is 40.5 Å². The Morgan fingerprint density at radius 3 is 2.81 bits per heavy atom. The van der Waals surface area contributed by atoms with Crippen molar-refractivity contribution >= 4 is 5.91 Å². The van der Waals surface area contributed by atoms with Gasteiger partial charge < -0.3 is 10.0 Å². The highest BCUT2D eigenvalue weighted by Gasteiger charge is 2.30. The highest BCUT2D eigenvalue weighted by Crippen LogP contribution is 2.20. The van der Waals surface area contributed by atoms with E-state index in [4.69, 9.17) is 5.11 Å². The van der Waals surface area contributed by atoms with Crippen LogP contribution in [0, 0.1) is 18.7 Å². The molecule has 1 heterocycles. The van der Waals surface area contributed by atoms with Gasteiger partial charge in [-0.25, -0.2) is 4.39 Å². The van der Waals surface area contributed by atoms with Crippen LogP contribution in [-0.4, -0.2) is 35.6 Å². The van der Waals surface area contributed by atoms with E-state index in [-0.39, 0.29) is 24.2 Å². The minimum absolute atomic E-state index is 0.0813. The Balaban J connectivity index is 2.10. The van der Waals surface area contributed by atoms with Crippen LogP contribution in [0.15, 0.2) is 18.2 Å². The minimum atomic E-state index is -0.328. The molecular formula is C12H14FNO2. The summed E-state index contributed by atoms with van der Waals surface area (Å²) in [5, 5.41) is 8.86. The van der Waals surface area contributed by atoms with Crippen molar-refractivity contribution in [2.45, 2.75) is 6.92 Å². The minimum Gasteiger partial charge on any atom is -0.396 e. The van der Waals surface area contributed by atoms with Crippen molar-refractivity contribution in [1.29, 1.82) is 0 Å². The average Bonchev–Trinajstić information content (AvgIpc) is 2.15. The third kappa shape index (κ3) is 1.93. The van der Waals surface area contributed by atoms with Gasteiger partial charge in [0.2, 0.25) is 0 Å². The number of aryl methyl sites for hydroxylation is 1. The van der Waals surface area contributed by atoms with Crippen molar-refractivity contribution in [3.05, 3.63) is 35.1 Å². The van der Waals surface area contributed by atoms with Crippen molar-refractivity contribution in [2.24, 2.45) is 5.92 Å². The number of carbonyl (C=O) groups is 1. The second kappa shape index (κ2) is 4.22. The molecule has 2 rings (SSSR count). The fourth-order valence-corrected chi connectivity index (χ4v) is 1.89. The van der Waals surface area contributed by atoms with Crippen LogP contribution in [0.2, 0.25) is 0 Å². The second-order valence-corrected chi connectivity index (χ2v) is 4.22. The first-order valence-corrected chi connectivity index (χ1v) is 5.28. The molecule has 3 nitrogen and oxygen atoms in total. The Labute approximate surface area is 93.5 Å². The molecule has 0 unspecified atom stereocenters. The van der Waals surface area contributed by atoms with Crippen LogP contribution in [0.25, 0.3) is 0 Å². The number of benzene rings is 1. The molecule has 86 valence electrons. The van der Waals surface area contributed by atoms with E-state index in [1.165, 1.54) is 18.2 Å². The fraction of sp³-hybridized carbons (Fsp3) is 0.417. The lowest BCUT2D eigenvalue weighted by Gasteiger charge is -2.38. The standard InChI is InChI=1S/C12H14FNO2/c1-8-4-10(13)2-3-11(8)12(16)14-5-9(6-14)7-15/h2-4,9,15H,5-7H2,1H3. The smallest absolute Gasteiger partial charge is 0.254 e. The van der Waals surface area contributed by atoms with E-state index in [0.29, 0.717) is 24.2 Å². The van der Waals surface area contributed by atoms with Crippen LogP contribution in [0.3, 0.4) is 0 Å². The normalized spacial score (nSPS) is 16.1. The van der Waals surface area contributed by atoms with E-state index in [1.54, 1.807) is 11.8 Å². The zero-order chi connectivity index (χ0) is 11.7. The Bertz CT molecular complexity index is 413. The van der Waals surface area contributed by atoms with E-state index in [2.05, 4.69) is 0 Å². The largest absolute Gasteiger partial charge is 0.396 e. The summed E-state index contributed by atoms with van der Waals surface area (Å²) in [5.41, 5.74) is 1.19. The summed E-state index contributed by atoms with van der Waals surface area (Å²) in [6.45, 7) is 3.02. The number of hydrogen-bond donors (Lipinski definition) is 1. The Morgan fingerprint density at radius 1 is 1.56 bits per heavy atom. The molecule has 1 amide bonds. The van der Waals surface area contributed by atoms with Gasteiger partial charge in [0.15, 0.2) is 0 Å². The first-order valence-electron chi connectivity index (χ1n) is 5.28. The summed E-state index contributed by atoms with van der Waals surface area (Å²) >= 11 is 0. The SMILES string of the molecule is Cc1cc(F)ccc1C(=O)N1CC(CO)C1. The van der Waals surface area contributed by atoms with Gasteiger partial charge in [-0.1, -0.05) is 0 Å². The van der Waals surface area contributed by atoms with Gasteiger partial charge in [0.05, 0.1) is 0 Å². The number of carbonyl (C=O) groups excluding carboxylic acids is 1. The second-order valence-electron chi connectivity index (χ2n) is 4.22. The summed E-state index contributed by atoms with van der Waals surface area (Å²) in [5.74, 6) is -0.210. The molecule has 16 heavy (non-hydrogen) atoms. The zero-order valence-corrected chi connectivity index (χ0v) is 9.11. The third-order valence-electron chi connectivity index (χ3n) is 2.92. The monoisotopic (exact) mass is 223 g/mol. The van der Waals surface area contributed by atoms with Gasteiger partial charge in [-0.3, -0.25) is 4.79 Å². The molecule has 1 saturated heterocycles. The van der Waals surface area contributed by atoms with Crippen molar-refractivity contribution in [1.82, 2.24) is 4.90 Å². The zero-order valence-electron chi connectivity index (χ0n) is 9.11. The van der Waals surface area contributed by atoms with Gasteiger partial charge in [0.25, 0.3) is 5.91 Å². The van der Waals surface area contributed by atoms with Gasteiger partial charge in [0.1, 0.15) is 5.82 Å². The van der Waals surface area contributed by atoms with E-state index < -0.39 is 0 Å². The average molecular weight is 223 g/mol. The predicted octanol–water partition coefficient (Wildman–Crippen LogP) is 1.20. The first kappa shape index (κ1) is 11.1. The molecule has 0 radical (unpaired) electrons. The van der Waals surface area contributed by atoms with Crippen LogP contribution in [0.4, 0.5) is 4.39 Å². The number of rotatable bonds is 2. The molecule has 0 spiro atoms. The Kier molecular flexibility index (Phi) is 2.92. The number of likely N-dealkylation sites (tertiary alicyclic amines) is 1. The van der Waals surface area contributed by atoms with Crippen LogP contribution in [-0.2, 0) is 0 Å². The molecule has 1 aromatic carbocycles. The first-order chi connectivity index (χ1) is 7.61.